The van der Waals surface area contributed by atoms with Crippen LogP contribution < -0.4 is 14.8 Å². The van der Waals surface area contributed by atoms with Gasteiger partial charge in [0, 0.05) is 6.54 Å². The van der Waals surface area contributed by atoms with Gasteiger partial charge in [-0.25, -0.2) is 0 Å². The van der Waals surface area contributed by atoms with Gasteiger partial charge in [-0.1, -0.05) is 55.5 Å². The average molecular weight is 321 g/mol. The van der Waals surface area contributed by atoms with Crippen LogP contribution in [0.25, 0.3) is 10.8 Å². The van der Waals surface area contributed by atoms with Gasteiger partial charge in [0.05, 0.1) is 7.11 Å². The predicted octanol–water partition coefficient (Wildman–Crippen LogP) is 4.54. The SMILES string of the molecule is CCNCc1ccc(OCc2cccc3ccccc23)c(OC)c1. The Morgan fingerprint density at radius 1 is 0.917 bits per heavy atom. The van der Waals surface area contributed by atoms with Gasteiger partial charge in [0.2, 0.25) is 0 Å². The van der Waals surface area contributed by atoms with Gasteiger partial charge in [0.15, 0.2) is 11.5 Å². The fourth-order valence-corrected chi connectivity index (χ4v) is 2.78. The lowest BCUT2D eigenvalue weighted by Crippen LogP contribution is -2.11. The number of ether oxygens (including phenoxy) is 2. The molecule has 0 aromatic heterocycles. The number of nitrogens with one attached hydrogen (secondary N) is 1. The van der Waals surface area contributed by atoms with E-state index in [4.69, 9.17) is 9.47 Å². The van der Waals surface area contributed by atoms with Crippen LogP contribution in [0, 0.1) is 0 Å². The van der Waals surface area contributed by atoms with Gasteiger partial charge >= 0.3 is 0 Å². The molecule has 0 spiro atoms. The first-order valence-corrected chi connectivity index (χ1v) is 8.29. The summed E-state index contributed by atoms with van der Waals surface area (Å²) in [7, 11) is 1.68. The zero-order chi connectivity index (χ0) is 16.8. The van der Waals surface area contributed by atoms with Crippen molar-refractivity contribution in [1.82, 2.24) is 5.32 Å². The van der Waals surface area contributed by atoms with Crippen molar-refractivity contribution in [3.05, 3.63) is 71.8 Å². The Balaban J connectivity index is 1.78. The minimum atomic E-state index is 0.518. The van der Waals surface area contributed by atoms with Gasteiger partial charge in [-0.05, 0) is 40.6 Å². The minimum Gasteiger partial charge on any atom is -0.493 e. The Labute approximate surface area is 143 Å². The first-order chi connectivity index (χ1) is 11.8. The Hall–Kier alpha value is -2.52. The third kappa shape index (κ3) is 3.69. The first kappa shape index (κ1) is 16.3. The third-order valence-corrected chi connectivity index (χ3v) is 4.07. The summed E-state index contributed by atoms with van der Waals surface area (Å²) < 4.78 is 11.5. The number of benzene rings is 3. The molecule has 0 atom stereocenters. The van der Waals surface area contributed by atoms with E-state index in [1.165, 1.54) is 21.9 Å². The highest BCUT2D eigenvalue weighted by Crippen LogP contribution is 2.29. The molecule has 3 aromatic rings. The molecule has 124 valence electrons. The van der Waals surface area contributed by atoms with E-state index in [-0.39, 0.29) is 0 Å². The van der Waals surface area contributed by atoms with Crippen LogP contribution in [0.15, 0.2) is 60.7 Å². The summed E-state index contributed by atoms with van der Waals surface area (Å²) in [6.45, 7) is 4.39. The van der Waals surface area contributed by atoms with Crippen LogP contribution in [-0.4, -0.2) is 13.7 Å². The van der Waals surface area contributed by atoms with Gasteiger partial charge in [-0.2, -0.15) is 0 Å². The number of fused-ring (bicyclic) bond motifs is 1. The highest BCUT2D eigenvalue weighted by Gasteiger charge is 2.07. The van der Waals surface area contributed by atoms with Crippen molar-refractivity contribution in [2.75, 3.05) is 13.7 Å². The molecular formula is C21H23NO2. The summed E-state index contributed by atoms with van der Waals surface area (Å²) in [5.74, 6) is 1.54. The molecule has 3 aromatic carbocycles. The largest absolute Gasteiger partial charge is 0.493 e. The Morgan fingerprint density at radius 2 is 1.75 bits per heavy atom. The summed E-state index contributed by atoms with van der Waals surface area (Å²) in [5, 5.41) is 5.77. The molecule has 0 saturated heterocycles. The van der Waals surface area contributed by atoms with Gasteiger partial charge in [0.1, 0.15) is 6.61 Å². The van der Waals surface area contributed by atoms with Crippen molar-refractivity contribution in [2.24, 2.45) is 0 Å². The summed E-state index contributed by atoms with van der Waals surface area (Å²) in [6.07, 6.45) is 0. The normalized spacial score (nSPS) is 10.8. The van der Waals surface area contributed by atoms with Crippen molar-refractivity contribution >= 4 is 10.8 Å². The van der Waals surface area contributed by atoms with Crippen LogP contribution in [0.5, 0.6) is 11.5 Å². The molecular weight excluding hydrogens is 298 g/mol. The second-order valence-electron chi connectivity index (χ2n) is 5.69. The van der Waals surface area contributed by atoms with E-state index in [0.29, 0.717) is 6.61 Å². The smallest absolute Gasteiger partial charge is 0.161 e. The molecule has 3 heteroatoms. The summed E-state index contributed by atoms with van der Waals surface area (Å²) >= 11 is 0. The van der Waals surface area contributed by atoms with E-state index in [9.17, 15) is 0 Å². The molecule has 0 aliphatic carbocycles. The molecule has 0 bridgehead atoms. The second kappa shape index (κ2) is 7.84. The molecule has 0 saturated carbocycles. The predicted molar refractivity (Wildman–Crippen MR) is 98.7 cm³/mol. The first-order valence-electron chi connectivity index (χ1n) is 8.29. The van der Waals surface area contributed by atoms with Gasteiger partial charge in [0.25, 0.3) is 0 Å². The summed E-state index contributed by atoms with van der Waals surface area (Å²) in [6, 6.07) is 20.7. The van der Waals surface area contributed by atoms with Crippen LogP contribution in [0.3, 0.4) is 0 Å². The number of hydrogen-bond donors (Lipinski definition) is 1. The van der Waals surface area contributed by atoms with Gasteiger partial charge < -0.3 is 14.8 Å². The lowest BCUT2D eigenvalue weighted by atomic mass is 10.1. The average Bonchev–Trinajstić information content (AvgIpc) is 2.64. The zero-order valence-corrected chi connectivity index (χ0v) is 14.2. The quantitative estimate of drug-likeness (QED) is 0.693. The Bertz CT molecular complexity index is 809. The van der Waals surface area contributed by atoms with E-state index in [1.807, 2.05) is 12.1 Å². The van der Waals surface area contributed by atoms with E-state index < -0.39 is 0 Å². The van der Waals surface area contributed by atoms with Crippen molar-refractivity contribution in [2.45, 2.75) is 20.1 Å². The second-order valence-corrected chi connectivity index (χ2v) is 5.69. The van der Waals surface area contributed by atoms with Crippen LogP contribution in [0.4, 0.5) is 0 Å². The lowest BCUT2D eigenvalue weighted by molar-refractivity contribution is 0.285. The molecule has 3 rings (SSSR count). The molecule has 1 N–H and O–H groups in total. The molecule has 0 fully saturated rings. The maximum absolute atomic E-state index is 6.04. The maximum Gasteiger partial charge on any atom is 0.161 e. The van der Waals surface area contributed by atoms with Crippen LogP contribution in [0.1, 0.15) is 18.1 Å². The molecule has 0 aliphatic heterocycles. The van der Waals surface area contributed by atoms with E-state index in [1.54, 1.807) is 7.11 Å². The molecule has 0 amide bonds. The Morgan fingerprint density at radius 3 is 2.58 bits per heavy atom. The fourth-order valence-electron chi connectivity index (χ4n) is 2.78. The summed E-state index contributed by atoms with van der Waals surface area (Å²) in [4.78, 5) is 0. The molecule has 0 aliphatic rings. The van der Waals surface area contributed by atoms with E-state index in [0.717, 1.165) is 24.6 Å². The van der Waals surface area contributed by atoms with Gasteiger partial charge in [-0.3, -0.25) is 0 Å². The summed E-state index contributed by atoms with van der Waals surface area (Å²) in [5.41, 5.74) is 2.36. The van der Waals surface area contributed by atoms with E-state index >= 15 is 0 Å². The molecule has 0 heterocycles. The van der Waals surface area contributed by atoms with Crippen LogP contribution in [0.2, 0.25) is 0 Å². The highest BCUT2D eigenvalue weighted by atomic mass is 16.5. The minimum absolute atomic E-state index is 0.518. The monoisotopic (exact) mass is 321 g/mol. The van der Waals surface area contributed by atoms with Crippen molar-refractivity contribution in [1.29, 1.82) is 0 Å². The lowest BCUT2D eigenvalue weighted by Gasteiger charge is -2.13. The highest BCUT2D eigenvalue weighted by molar-refractivity contribution is 5.85. The van der Waals surface area contributed by atoms with Crippen molar-refractivity contribution in [3.63, 3.8) is 0 Å². The maximum atomic E-state index is 6.04. The standard InChI is InChI=1S/C21H23NO2/c1-3-22-14-16-11-12-20(21(13-16)23-2)24-15-18-9-6-8-17-7-4-5-10-19(17)18/h4-13,22H,3,14-15H2,1-2H3. The molecule has 0 unspecified atom stereocenters. The van der Waals surface area contributed by atoms with Gasteiger partial charge in [-0.15, -0.1) is 0 Å². The topological polar surface area (TPSA) is 30.5 Å². The fraction of sp³-hybridized carbons (Fsp3) is 0.238. The van der Waals surface area contributed by atoms with Crippen LogP contribution in [-0.2, 0) is 13.2 Å². The molecule has 0 radical (unpaired) electrons. The third-order valence-electron chi connectivity index (χ3n) is 4.07. The van der Waals surface area contributed by atoms with Crippen molar-refractivity contribution < 1.29 is 9.47 Å². The Kier molecular flexibility index (Phi) is 5.34. The molecule has 24 heavy (non-hydrogen) atoms. The zero-order valence-electron chi connectivity index (χ0n) is 14.2. The number of hydrogen-bond acceptors (Lipinski definition) is 3. The van der Waals surface area contributed by atoms with Crippen LogP contribution >= 0.6 is 0 Å². The van der Waals surface area contributed by atoms with Crippen molar-refractivity contribution in [3.8, 4) is 11.5 Å². The number of methoxy groups -OCH3 is 1. The molecule has 3 nitrogen and oxygen atoms in total. The van der Waals surface area contributed by atoms with E-state index in [2.05, 4.69) is 60.8 Å². The number of rotatable bonds is 7.